The molecular formula is C18H17BrN2O2. The van der Waals surface area contributed by atoms with E-state index < -0.39 is 0 Å². The molecule has 0 unspecified atom stereocenters. The molecule has 3 rings (SSSR count). The molecule has 1 aromatic heterocycles. The number of benzene rings is 2. The second-order valence-electron chi connectivity index (χ2n) is 5.42. The van der Waals surface area contributed by atoms with Crippen LogP contribution >= 0.6 is 15.9 Å². The number of phenolic OH excluding ortho intramolecular Hbond substituents is 1. The molecule has 0 bridgehead atoms. The molecule has 0 spiro atoms. The molecule has 118 valence electrons. The van der Waals surface area contributed by atoms with Crippen LogP contribution in [0.3, 0.4) is 0 Å². The topological polar surface area (TPSA) is 65.1 Å². The largest absolute Gasteiger partial charge is 0.506 e. The van der Waals surface area contributed by atoms with Gasteiger partial charge in [-0.3, -0.25) is 4.79 Å². The molecule has 3 N–H and O–H groups in total. The summed E-state index contributed by atoms with van der Waals surface area (Å²) in [6.45, 7) is 1.39. The Morgan fingerprint density at radius 2 is 1.96 bits per heavy atom. The molecular weight excluding hydrogens is 356 g/mol. The maximum absolute atomic E-state index is 11.4. The Kier molecular flexibility index (Phi) is 4.79. The first-order chi connectivity index (χ1) is 11.1. The average Bonchev–Trinajstić information content (AvgIpc) is 2.55. The molecule has 4 nitrogen and oxygen atoms in total. The van der Waals surface area contributed by atoms with E-state index in [0.717, 1.165) is 35.0 Å². The van der Waals surface area contributed by atoms with Gasteiger partial charge in [-0.1, -0.05) is 24.3 Å². The highest BCUT2D eigenvalue weighted by Crippen LogP contribution is 2.27. The van der Waals surface area contributed by atoms with Crippen molar-refractivity contribution < 1.29 is 5.11 Å². The van der Waals surface area contributed by atoms with Crippen molar-refractivity contribution in [1.29, 1.82) is 0 Å². The summed E-state index contributed by atoms with van der Waals surface area (Å²) < 4.78 is 0.704. The van der Waals surface area contributed by atoms with Crippen LogP contribution in [-0.4, -0.2) is 16.6 Å². The quantitative estimate of drug-likeness (QED) is 0.601. The van der Waals surface area contributed by atoms with Crippen molar-refractivity contribution in [2.75, 3.05) is 6.54 Å². The minimum atomic E-state index is -0.0853. The summed E-state index contributed by atoms with van der Waals surface area (Å²) >= 11 is 3.31. The summed E-state index contributed by atoms with van der Waals surface area (Å²) in [5.74, 6) is 0.281. The van der Waals surface area contributed by atoms with Gasteiger partial charge < -0.3 is 15.4 Å². The number of pyridine rings is 1. The Morgan fingerprint density at radius 1 is 1.13 bits per heavy atom. The van der Waals surface area contributed by atoms with Crippen LogP contribution in [0.1, 0.15) is 11.1 Å². The molecule has 0 aliphatic rings. The van der Waals surface area contributed by atoms with E-state index in [9.17, 15) is 9.90 Å². The van der Waals surface area contributed by atoms with Gasteiger partial charge in [0.15, 0.2) is 0 Å². The number of para-hydroxylation sites is 1. The maximum Gasteiger partial charge on any atom is 0.248 e. The highest BCUT2D eigenvalue weighted by atomic mass is 79.9. The first-order valence-corrected chi connectivity index (χ1v) is 8.22. The van der Waals surface area contributed by atoms with Gasteiger partial charge in [0, 0.05) is 23.7 Å². The zero-order chi connectivity index (χ0) is 16.2. The number of H-pyrrole nitrogens is 1. The first-order valence-electron chi connectivity index (χ1n) is 7.42. The van der Waals surface area contributed by atoms with Crippen molar-refractivity contribution in [2.24, 2.45) is 0 Å². The van der Waals surface area contributed by atoms with Crippen LogP contribution in [0.15, 0.2) is 57.8 Å². The Hall–Kier alpha value is -2.11. The number of aromatic amines is 1. The fourth-order valence-corrected chi connectivity index (χ4v) is 2.92. The highest BCUT2D eigenvalue weighted by molar-refractivity contribution is 9.10. The van der Waals surface area contributed by atoms with E-state index >= 15 is 0 Å². The average molecular weight is 373 g/mol. The summed E-state index contributed by atoms with van der Waals surface area (Å²) in [7, 11) is 0. The Balaban J connectivity index is 1.60. The van der Waals surface area contributed by atoms with Crippen LogP contribution in [0, 0.1) is 0 Å². The van der Waals surface area contributed by atoms with E-state index in [-0.39, 0.29) is 11.3 Å². The molecule has 0 fully saturated rings. The third-order valence-corrected chi connectivity index (χ3v) is 4.41. The smallest absolute Gasteiger partial charge is 0.248 e. The fraction of sp³-hybridized carbons (Fsp3) is 0.167. The first kappa shape index (κ1) is 15.8. The van der Waals surface area contributed by atoms with Gasteiger partial charge in [0.05, 0.1) is 4.47 Å². The molecule has 0 saturated carbocycles. The molecule has 0 amide bonds. The lowest BCUT2D eigenvalue weighted by molar-refractivity contribution is 0.461. The third-order valence-electron chi connectivity index (χ3n) is 3.77. The monoisotopic (exact) mass is 372 g/mol. The summed E-state index contributed by atoms with van der Waals surface area (Å²) in [4.78, 5) is 14.2. The molecule has 2 aromatic carbocycles. The highest BCUT2D eigenvalue weighted by Gasteiger charge is 2.04. The van der Waals surface area contributed by atoms with Crippen LogP contribution in [0.4, 0.5) is 0 Å². The number of aromatic hydroxyl groups is 1. The number of halogens is 1. The molecule has 0 aliphatic carbocycles. The van der Waals surface area contributed by atoms with Crippen molar-refractivity contribution in [3.63, 3.8) is 0 Å². The number of fused-ring (bicyclic) bond motifs is 1. The van der Waals surface area contributed by atoms with Crippen molar-refractivity contribution in [3.05, 3.63) is 74.5 Å². The van der Waals surface area contributed by atoms with Crippen molar-refractivity contribution >= 4 is 26.8 Å². The van der Waals surface area contributed by atoms with Crippen molar-refractivity contribution in [1.82, 2.24) is 10.3 Å². The minimum absolute atomic E-state index is 0.0853. The summed E-state index contributed by atoms with van der Waals surface area (Å²) in [5, 5.41) is 14.3. The lowest BCUT2D eigenvalue weighted by Crippen LogP contribution is -2.16. The normalized spacial score (nSPS) is 11.0. The number of hydrogen-bond donors (Lipinski definition) is 3. The molecule has 1 heterocycles. The third kappa shape index (κ3) is 3.81. The lowest BCUT2D eigenvalue weighted by atomic mass is 10.1. The summed E-state index contributed by atoms with van der Waals surface area (Å²) in [6, 6.07) is 15.1. The molecule has 0 saturated heterocycles. The van der Waals surface area contributed by atoms with Crippen LogP contribution in [0.2, 0.25) is 0 Å². The van der Waals surface area contributed by atoms with E-state index in [4.69, 9.17) is 0 Å². The second kappa shape index (κ2) is 6.98. The molecule has 5 heteroatoms. The zero-order valence-corrected chi connectivity index (χ0v) is 14.1. The number of aromatic nitrogens is 1. The van der Waals surface area contributed by atoms with Gasteiger partial charge in [-0.2, -0.15) is 0 Å². The summed E-state index contributed by atoms with van der Waals surface area (Å²) in [6.07, 6.45) is 0.849. The predicted octanol–water partition coefficient (Wildman–Crippen LogP) is 3.33. The van der Waals surface area contributed by atoms with Gasteiger partial charge in [-0.15, -0.1) is 0 Å². The van der Waals surface area contributed by atoms with E-state index in [2.05, 4.69) is 32.3 Å². The standard InChI is InChI=1S/C18H17BrN2O2/c19-15-3-1-2-14(18(15)23)11-20-9-8-12-4-5-13-6-7-17(22)21-16(13)10-12/h1-7,10,20,23H,8-9,11H2,(H,21,22). The van der Waals surface area contributed by atoms with Crippen LogP contribution in [0.25, 0.3) is 10.9 Å². The van der Waals surface area contributed by atoms with Crippen LogP contribution in [-0.2, 0) is 13.0 Å². The van der Waals surface area contributed by atoms with E-state index in [1.54, 1.807) is 0 Å². The zero-order valence-electron chi connectivity index (χ0n) is 12.5. The molecule has 3 aromatic rings. The Labute approximate surface area is 142 Å². The maximum atomic E-state index is 11.4. The Morgan fingerprint density at radius 3 is 2.83 bits per heavy atom. The van der Waals surface area contributed by atoms with E-state index in [0.29, 0.717) is 11.0 Å². The van der Waals surface area contributed by atoms with E-state index in [1.165, 1.54) is 6.07 Å². The SMILES string of the molecule is O=c1ccc2ccc(CCNCc3cccc(Br)c3O)cc2[nH]1. The number of rotatable bonds is 5. The summed E-state index contributed by atoms with van der Waals surface area (Å²) in [5.41, 5.74) is 2.80. The van der Waals surface area contributed by atoms with Crippen molar-refractivity contribution in [3.8, 4) is 5.75 Å². The van der Waals surface area contributed by atoms with Gasteiger partial charge in [0.25, 0.3) is 0 Å². The molecule has 0 atom stereocenters. The number of hydrogen-bond acceptors (Lipinski definition) is 3. The van der Waals surface area contributed by atoms with Gasteiger partial charge >= 0.3 is 0 Å². The predicted molar refractivity (Wildman–Crippen MR) is 95.8 cm³/mol. The Bertz CT molecular complexity index is 890. The molecule has 0 radical (unpaired) electrons. The van der Waals surface area contributed by atoms with Gasteiger partial charge in [0.2, 0.25) is 5.56 Å². The second-order valence-corrected chi connectivity index (χ2v) is 6.27. The van der Waals surface area contributed by atoms with Gasteiger partial charge in [-0.05, 0) is 58.0 Å². The fourth-order valence-electron chi connectivity index (χ4n) is 2.51. The lowest BCUT2D eigenvalue weighted by Gasteiger charge is -2.08. The van der Waals surface area contributed by atoms with Gasteiger partial charge in [0.1, 0.15) is 5.75 Å². The number of nitrogens with one attached hydrogen (secondary N) is 2. The minimum Gasteiger partial charge on any atom is -0.506 e. The van der Waals surface area contributed by atoms with E-state index in [1.807, 2.05) is 36.4 Å². The number of phenols is 1. The van der Waals surface area contributed by atoms with Crippen LogP contribution < -0.4 is 10.9 Å². The van der Waals surface area contributed by atoms with Crippen LogP contribution in [0.5, 0.6) is 5.75 Å². The van der Waals surface area contributed by atoms with Gasteiger partial charge in [-0.25, -0.2) is 0 Å². The molecule has 0 aliphatic heterocycles. The van der Waals surface area contributed by atoms with Crippen molar-refractivity contribution in [2.45, 2.75) is 13.0 Å². The molecule has 23 heavy (non-hydrogen) atoms.